The van der Waals surface area contributed by atoms with E-state index in [4.69, 9.17) is 5.73 Å². The molecule has 0 aromatic heterocycles. The normalized spacial score (nSPS) is 33.5. The van der Waals surface area contributed by atoms with Crippen molar-refractivity contribution in [2.75, 3.05) is 7.05 Å². The fraction of sp³-hybridized carbons (Fsp3) is 0.600. The van der Waals surface area contributed by atoms with Crippen LogP contribution in [0.25, 0.3) is 0 Å². The first-order chi connectivity index (χ1) is 6.27. The molecule has 13 heavy (non-hydrogen) atoms. The lowest BCUT2D eigenvalue weighted by Crippen LogP contribution is -2.60. The first kappa shape index (κ1) is 8.63. The summed E-state index contributed by atoms with van der Waals surface area (Å²) in [4.78, 5) is 0. The van der Waals surface area contributed by atoms with Crippen LogP contribution in [-0.4, -0.2) is 12.7 Å². The number of rotatable bonds is 2. The van der Waals surface area contributed by atoms with E-state index in [-0.39, 0.29) is 5.66 Å². The predicted octanol–water partition coefficient (Wildman–Crippen LogP) is 0.662. The maximum absolute atomic E-state index is 5.65. The zero-order valence-electron chi connectivity index (χ0n) is 8.01. The van der Waals surface area contributed by atoms with Crippen molar-refractivity contribution < 1.29 is 0 Å². The van der Waals surface area contributed by atoms with Crippen LogP contribution in [0.15, 0.2) is 24.0 Å². The molecule has 1 saturated carbocycles. The Hall–Kier alpha value is -0.960. The van der Waals surface area contributed by atoms with Crippen molar-refractivity contribution in [2.24, 2.45) is 11.7 Å². The number of hydrogen-bond donors (Lipinski definition) is 3. The largest absolute Gasteiger partial charge is 0.398 e. The fourth-order valence-corrected chi connectivity index (χ4v) is 2.00. The van der Waals surface area contributed by atoms with E-state index in [0.29, 0.717) is 5.92 Å². The van der Waals surface area contributed by atoms with Gasteiger partial charge in [0.1, 0.15) is 5.66 Å². The minimum Gasteiger partial charge on any atom is -0.398 e. The summed E-state index contributed by atoms with van der Waals surface area (Å²) in [6.07, 6.45) is 9.95. The molecule has 1 aliphatic heterocycles. The van der Waals surface area contributed by atoms with Gasteiger partial charge in [-0.05, 0) is 38.0 Å². The van der Waals surface area contributed by atoms with E-state index >= 15 is 0 Å². The van der Waals surface area contributed by atoms with E-state index in [2.05, 4.69) is 16.7 Å². The summed E-state index contributed by atoms with van der Waals surface area (Å²) in [7, 11) is 1.99. The molecule has 0 amide bonds. The van der Waals surface area contributed by atoms with Gasteiger partial charge >= 0.3 is 0 Å². The third-order valence-electron chi connectivity index (χ3n) is 3.18. The minimum atomic E-state index is -0.0406. The van der Waals surface area contributed by atoms with Gasteiger partial charge in [0.2, 0.25) is 0 Å². The quantitative estimate of drug-likeness (QED) is 0.583. The molecule has 3 nitrogen and oxygen atoms in total. The van der Waals surface area contributed by atoms with Gasteiger partial charge in [-0.2, -0.15) is 0 Å². The standard InChI is InChI=1S/C10H17N3/c1-12-10(8-3-2-4-8)6-5-9(11)7-13-10/h5-8,12-13H,2-4,11H2,1H3. The van der Waals surface area contributed by atoms with Gasteiger partial charge in [-0.25, -0.2) is 0 Å². The zero-order valence-corrected chi connectivity index (χ0v) is 8.01. The first-order valence-electron chi connectivity index (χ1n) is 4.88. The molecule has 0 saturated heterocycles. The molecule has 4 N–H and O–H groups in total. The molecule has 0 radical (unpaired) electrons. The van der Waals surface area contributed by atoms with E-state index in [1.807, 2.05) is 19.3 Å². The van der Waals surface area contributed by atoms with Gasteiger partial charge in [0, 0.05) is 11.9 Å². The lowest BCUT2D eigenvalue weighted by Gasteiger charge is -2.44. The molecule has 1 atom stereocenters. The predicted molar refractivity (Wildman–Crippen MR) is 53.7 cm³/mol. The Labute approximate surface area is 79.1 Å². The second kappa shape index (κ2) is 3.07. The molecule has 1 unspecified atom stereocenters. The number of hydrogen-bond acceptors (Lipinski definition) is 3. The van der Waals surface area contributed by atoms with Crippen LogP contribution in [0, 0.1) is 5.92 Å². The van der Waals surface area contributed by atoms with Gasteiger partial charge < -0.3 is 11.1 Å². The molecule has 2 rings (SSSR count). The second-order valence-electron chi connectivity index (χ2n) is 3.87. The second-order valence-corrected chi connectivity index (χ2v) is 3.87. The minimum absolute atomic E-state index is 0.0406. The molecule has 1 aliphatic carbocycles. The van der Waals surface area contributed by atoms with Gasteiger partial charge in [-0.15, -0.1) is 0 Å². The average Bonchev–Trinajstić information content (AvgIpc) is 2.06. The highest BCUT2D eigenvalue weighted by atomic mass is 15.2. The Morgan fingerprint density at radius 3 is 2.77 bits per heavy atom. The summed E-state index contributed by atoms with van der Waals surface area (Å²) < 4.78 is 0. The molecule has 0 bridgehead atoms. The Bertz CT molecular complexity index is 253. The molecule has 3 heteroatoms. The van der Waals surface area contributed by atoms with Crippen LogP contribution < -0.4 is 16.4 Å². The molecular weight excluding hydrogens is 162 g/mol. The summed E-state index contributed by atoms with van der Waals surface area (Å²) in [6.45, 7) is 0. The maximum Gasteiger partial charge on any atom is 0.110 e. The van der Waals surface area contributed by atoms with Crippen LogP contribution in [0.1, 0.15) is 19.3 Å². The fourth-order valence-electron chi connectivity index (χ4n) is 2.00. The molecular formula is C10H17N3. The molecule has 0 aromatic rings. The number of dihydropyridines is 1. The van der Waals surface area contributed by atoms with Gasteiger partial charge in [-0.3, -0.25) is 5.32 Å². The molecule has 72 valence electrons. The zero-order chi connectivity index (χ0) is 9.31. The summed E-state index contributed by atoms with van der Waals surface area (Å²) >= 11 is 0. The van der Waals surface area contributed by atoms with Gasteiger partial charge in [0.15, 0.2) is 0 Å². The Morgan fingerprint density at radius 1 is 1.62 bits per heavy atom. The topological polar surface area (TPSA) is 50.1 Å². The number of allylic oxidation sites excluding steroid dienone is 1. The van der Waals surface area contributed by atoms with Crippen LogP contribution in [0.2, 0.25) is 0 Å². The Morgan fingerprint density at radius 2 is 2.38 bits per heavy atom. The van der Waals surface area contributed by atoms with Crippen LogP contribution in [0.3, 0.4) is 0 Å². The van der Waals surface area contributed by atoms with Crippen molar-refractivity contribution in [3.05, 3.63) is 24.0 Å². The van der Waals surface area contributed by atoms with E-state index < -0.39 is 0 Å². The first-order valence-corrected chi connectivity index (χ1v) is 4.88. The van der Waals surface area contributed by atoms with Crippen LogP contribution in [0.4, 0.5) is 0 Å². The lowest BCUT2D eigenvalue weighted by molar-refractivity contribution is 0.155. The van der Waals surface area contributed by atoms with Crippen molar-refractivity contribution in [2.45, 2.75) is 24.9 Å². The smallest absolute Gasteiger partial charge is 0.110 e. The monoisotopic (exact) mass is 179 g/mol. The highest BCUT2D eigenvalue weighted by Crippen LogP contribution is 2.36. The number of nitrogens with one attached hydrogen (secondary N) is 2. The molecule has 0 spiro atoms. The Kier molecular flexibility index (Phi) is 2.04. The molecule has 1 heterocycles. The summed E-state index contributed by atoms with van der Waals surface area (Å²) in [5.74, 6) is 0.707. The molecule has 0 aromatic carbocycles. The van der Waals surface area contributed by atoms with Crippen molar-refractivity contribution in [3.8, 4) is 0 Å². The third kappa shape index (κ3) is 1.33. The molecule has 1 fully saturated rings. The SMILES string of the molecule is CNC1(C2CCC2)C=CC(N)=CN1. The maximum atomic E-state index is 5.65. The van der Waals surface area contributed by atoms with Crippen LogP contribution >= 0.6 is 0 Å². The van der Waals surface area contributed by atoms with E-state index in [9.17, 15) is 0 Å². The van der Waals surface area contributed by atoms with Crippen LogP contribution in [0.5, 0.6) is 0 Å². The van der Waals surface area contributed by atoms with Gasteiger partial charge in [0.25, 0.3) is 0 Å². The summed E-state index contributed by atoms with van der Waals surface area (Å²) in [6, 6.07) is 0. The van der Waals surface area contributed by atoms with E-state index in [1.54, 1.807) is 0 Å². The van der Waals surface area contributed by atoms with E-state index in [0.717, 1.165) is 5.70 Å². The summed E-state index contributed by atoms with van der Waals surface area (Å²) in [5.41, 5.74) is 6.41. The highest BCUT2D eigenvalue weighted by molar-refractivity contribution is 5.26. The summed E-state index contributed by atoms with van der Waals surface area (Å²) in [5, 5.41) is 6.69. The lowest BCUT2D eigenvalue weighted by atomic mass is 9.74. The van der Waals surface area contributed by atoms with Crippen molar-refractivity contribution in [1.29, 1.82) is 0 Å². The average molecular weight is 179 g/mol. The van der Waals surface area contributed by atoms with Crippen LogP contribution in [-0.2, 0) is 0 Å². The number of likely N-dealkylation sites (N-methyl/N-ethyl adjacent to an activating group) is 1. The highest BCUT2D eigenvalue weighted by Gasteiger charge is 2.38. The Balaban J connectivity index is 2.13. The van der Waals surface area contributed by atoms with Crippen molar-refractivity contribution >= 4 is 0 Å². The van der Waals surface area contributed by atoms with E-state index in [1.165, 1.54) is 19.3 Å². The van der Waals surface area contributed by atoms with Gasteiger partial charge in [-0.1, -0.05) is 6.42 Å². The van der Waals surface area contributed by atoms with Crippen molar-refractivity contribution in [3.63, 3.8) is 0 Å². The molecule has 2 aliphatic rings. The van der Waals surface area contributed by atoms with Crippen molar-refractivity contribution in [1.82, 2.24) is 10.6 Å². The number of nitrogens with two attached hydrogens (primary N) is 1. The van der Waals surface area contributed by atoms with Gasteiger partial charge in [0.05, 0.1) is 0 Å². The third-order valence-corrected chi connectivity index (χ3v) is 3.18.